The van der Waals surface area contributed by atoms with Crippen LogP contribution in [0.1, 0.15) is 57.6 Å². The van der Waals surface area contributed by atoms with Crippen LogP contribution >= 0.6 is 0 Å². The van der Waals surface area contributed by atoms with Gasteiger partial charge in [0.2, 0.25) is 5.91 Å². The summed E-state index contributed by atoms with van der Waals surface area (Å²) in [4.78, 5) is 44.3. The fourth-order valence-corrected chi connectivity index (χ4v) is 5.34. The lowest BCUT2D eigenvalue weighted by Crippen LogP contribution is -2.37. The van der Waals surface area contributed by atoms with Crippen molar-refractivity contribution >= 4 is 23.6 Å². The first-order valence-electron chi connectivity index (χ1n) is 13.0. The van der Waals surface area contributed by atoms with Gasteiger partial charge in [0, 0.05) is 24.5 Å². The molecule has 0 radical (unpaired) electrons. The van der Waals surface area contributed by atoms with Crippen molar-refractivity contribution in [3.05, 3.63) is 59.4 Å². The predicted molar refractivity (Wildman–Crippen MR) is 132 cm³/mol. The third kappa shape index (κ3) is 5.45. The summed E-state index contributed by atoms with van der Waals surface area (Å²) in [6, 6.07) is 6.41. The molecule has 1 atom stereocenters. The van der Waals surface area contributed by atoms with Gasteiger partial charge in [-0.15, -0.1) is 0 Å². The molecule has 3 aliphatic rings. The highest BCUT2D eigenvalue weighted by Crippen LogP contribution is 2.37. The van der Waals surface area contributed by atoms with E-state index in [0.29, 0.717) is 37.7 Å². The number of anilines is 1. The lowest BCUT2D eigenvalue weighted by molar-refractivity contribution is -0.183. The van der Waals surface area contributed by atoms with Crippen molar-refractivity contribution in [1.82, 2.24) is 5.06 Å². The Bertz CT molecular complexity index is 1270. The molecule has 0 bridgehead atoms. The second kappa shape index (κ2) is 10.5. The number of carbonyl (C=O) groups is 3. The van der Waals surface area contributed by atoms with E-state index in [1.165, 1.54) is 43.2 Å². The average molecular weight is 547 g/mol. The van der Waals surface area contributed by atoms with Gasteiger partial charge < -0.3 is 9.47 Å². The van der Waals surface area contributed by atoms with Crippen LogP contribution in [0.5, 0.6) is 5.75 Å². The minimum Gasteiger partial charge on any atom is -0.490 e. The SMILES string of the molecule is CC1(C)OC(=O)N(c2ccc(F)c(OCC3CCC(C(=O)N4OCC[C@H]4c4cc(F)cc(F)c4)CC3)c2)C1=O. The van der Waals surface area contributed by atoms with E-state index >= 15 is 0 Å². The third-order valence-corrected chi connectivity index (χ3v) is 7.48. The van der Waals surface area contributed by atoms with Crippen molar-refractivity contribution in [2.75, 3.05) is 18.1 Å². The molecule has 1 aliphatic carbocycles. The highest BCUT2D eigenvalue weighted by Gasteiger charge is 2.48. The normalized spacial score (nSPS) is 24.7. The standard InChI is InChI=1S/C28H29F3N2O6/c1-28(2)26(35)32(27(36)39-28)21-7-8-22(31)24(14-21)37-15-16-3-5-17(6-4-16)25(34)33-23(9-10-38-33)18-11-19(29)13-20(30)12-18/h7-8,11-14,16-17,23H,3-6,9-10,15H2,1-2H3/t16?,17?,23-/m0/s1. The summed E-state index contributed by atoms with van der Waals surface area (Å²) in [7, 11) is 0. The van der Waals surface area contributed by atoms with E-state index in [-0.39, 0.29) is 42.4 Å². The maximum absolute atomic E-state index is 14.5. The molecule has 2 saturated heterocycles. The Hall–Kier alpha value is -3.60. The molecule has 2 aromatic carbocycles. The molecular weight excluding hydrogens is 517 g/mol. The number of amides is 3. The van der Waals surface area contributed by atoms with E-state index in [4.69, 9.17) is 14.3 Å². The first-order chi connectivity index (χ1) is 18.5. The first kappa shape index (κ1) is 27.0. The van der Waals surface area contributed by atoms with Gasteiger partial charge in [-0.2, -0.15) is 0 Å². The minimum absolute atomic E-state index is 0.0574. The van der Waals surface area contributed by atoms with Crippen molar-refractivity contribution in [3.8, 4) is 5.75 Å². The molecule has 2 heterocycles. The molecule has 0 aromatic heterocycles. The second-order valence-corrected chi connectivity index (χ2v) is 10.7. The number of imide groups is 1. The Kier molecular flexibility index (Phi) is 7.28. The minimum atomic E-state index is -1.31. The van der Waals surface area contributed by atoms with Gasteiger partial charge >= 0.3 is 6.09 Å². The number of rotatable bonds is 6. The Balaban J connectivity index is 1.17. The maximum Gasteiger partial charge on any atom is 0.422 e. The van der Waals surface area contributed by atoms with Crippen LogP contribution in [0.3, 0.4) is 0 Å². The quantitative estimate of drug-likeness (QED) is 0.479. The lowest BCUT2D eigenvalue weighted by atomic mass is 9.81. The Labute approximate surface area is 223 Å². The molecule has 8 nitrogen and oxygen atoms in total. The van der Waals surface area contributed by atoms with Crippen LogP contribution in [-0.2, 0) is 19.2 Å². The van der Waals surface area contributed by atoms with Crippen LogP contribution < -0.4 is 9.64 Å². The largest absolute Gasteiger partial charge is 0.490 e. The molecule has 208 valence electrons. The monoisotopic (exact) mass is 546 g/mol. The molecule has 1 saturated carbocycles. The van der Waals surface area contributed by atoms with Gasteiger partial charge in [-0.25, -0.2) is 27.9 Å². The summed E-state index contributed by atoms with van der Waals surface area (Å²) in [6.45, 7) is 3.43. The molecule has 3 amide bonds. The number of hydrogen-bond acceptors (Lipinski definition) is 6. The fraction of sp³-hybridized carbons (Fsp3) is 0.464. The van der Waals surface area contributed by atoms with E-state index in [2.05, 4.69) is 0 Å². The van der Waals surface area contributed by atoms with Crippen LogP contribution in [0.2, 0.25) is 0 Å². The fourth-order valence-electron chi connectivity index (χ4n) is 5.34. The molecule has 11 heteroatoms. The van der Waals surface area contributed by atoms with Crippen molar-refractivity contribution in [3.63, 3.8) is 0 Å². The van der Waals surface area contributed by atoms with Crippen LogP contribution in [0.4, 0.5) is 23.7 Å². The Morgan fingerprint density at radius 1 is 1.00 bits per heavy atom. The number of nitrogens with zero attached hydrogens (tertiary/aromatic N) is 2. The zero-order valence-corrected chi connectivity index (χ0v) is 21.6. The van der Waals surface area contributed by atoms with E-state index in [9.17, 15) is 27.6 Å². The number of cyclic esters (lactones) is 1. The molecule has 3 fully saturated rings. The molecule has 0 unspecified atom stereocenters. The van der Waals surface area contributed by atoms with E-state index in [1.807, 2.05) is 0 Å². The zero-order chi connectivity index (χ0) is 27.9. The summed E-state index contributed by atoms with van der Waals surface area (Å²) in [5.41, 5.74) is -0.798. The lowest BCUT2D eigenvalue weighted by Gasteiger charge is -2.32. The van der Waals surface area contributed by atoms with Gasteiger partial charge in [-0.3, -0.25) is 14.4 Å². The van der Waals surface area contributed by atoms with E-state index in [1.54, 1.807) is 0 Å². The number of hydroxylamine groups is 2. The number of carbonyl (C=O) groups excluding carboxylic acids is 3. The summed E-state index contributed by atoms with van der Waals surface area (Å²) >= 11 is 0. The molecule has 5 rings (SSSR count). The molecule has 2 aromatic rings. The highest BCUT2D eigenvalue weighted by molar-refractivity contribution is 6.19. The average Bonchev–Trinajstić information content (AvgIpc) is 3.45. The van der Waals surface area contributed by atoms with Crippen LogP contribution in [0.15, 0.2) is 36.4 Å². The molecular formula is C28H29F3N2O6. The molecule has 0 spiro atoms. The maximum atomic E-state index is 14.5. The summed E-state index contributed by atoms with van der Waals surface area (Å²) < 4.78 is 52.8. The van der Waals surface area contributed by atoms with Gasteiger partial charge in [0.1, 0.15) is 11.6 Å². The molecule has 0 N–H and O–H groups in total. The first-order valence-corrected chi connectivity index (χ1v) is 13.0. The van der Waals surface area contributed by atoms with Gasteiger partial charge in [0.15, 0.2) is 17.2 Å². The summed E-state index contributed by atoms with van der Waals surface area (Å²) in [5.74, 6) is -3.16. The third-order valence-electron chi connectivity index (χ3n) is 7.48. The van der Waals surface area contributed by atoms with Crippen LogP contribution in [0, 0.1) is 29.3 Å². The Morgan fingerprint density at radius 3 is 2.33 bits per heavy atom. The molecule has 39 heavy (non-hydrogen) atoms. The van der Waals surface area contributed by atoms with E-state index in [0.717, 1.165) is 17.0 Å². The number of halogens is 3. The number of hydrogen-bond donors (Lipinski definition) is 0. The van der Waals surface area contributed by atoms with E-state index < -0.39 is 41.1 Å². The highest BCUT2D eigenvalue weighted by atomic mass is 19.1. The zero-order valence-electron chi connectivity index (χ0n) is 21.6. The second-order valence-electron chi connectivity index (χ2n) is 10.7. The van der Waals surface area contributed by atoms with Crippen molar-refractivity contribution in [2.45, 2.75) is 57.6 Å². The topological polar surface area (TPSA) is 85.4 Å². The van der Waals surface area contributed by atoms with Crippen LogP contribution in [-0.4, -0.2) is 41.8 Å². The van der Waals surface area contributed by atoms with Crippen LogP contribution in [0.25, 0.3) is 0 Å². The predicted octanol–water partition coefficient (Wildman–Crippen LogP) is 5.46. The Morgan fingerprint density at radius 2 is 1.69 bits per heavy atom. The van der Waals surface area contributed by atoms with Gasteiger partial charge in [0.05, 0.1) is 24.9 Å². The smallest absolute Gasteiger partial charge is 0.422 e. The number of ether oxygens (including phenoxy) is 2. The van der Waals surface area contributed by atoms with Gasteiger partial charge in [0.25, 0.3) is 5.91 Å². The van der Waals surface area contributed by atoms with Crippen molar-refractivity contribution in [2.24, 2.45) is 11.8 Å². The summed E-state index contributed by atoms with van der Waals surface area (Å²) in [6.07, 6.45) is 2.02. The van der Waals surface area contributed by atoms with Crippen molar-refractivity contribution in [1.29, 1.82) is 0 Å². The van der Waals surface area contributed by atoms with Gasteiger partial charge in [-0.05, 0) is 75.3 Å². The number of benzene rings is 2. The van der Waals surface area contributed by atoms with Gasteiger partial charge in [-0.1, -0.05) is 0 Å². The molecule has 2 aliphatic heterocycles. The summed E-state index contributed by atoms with van der Waals surface area (Å²) in [5, 5.41) is 1.25. The van der Waals surface area contributed by atoms with Crippen molar-refractivity contribution < 1.29 is 41.9 Å².